The molecule has 1 aliphatic rings. The fourth-order valence-corrected chi connectivity index (χ4v) is 3.87. The van der Waals surface area contributed by atoms with Crippen LogP contribution in [0.3, 0.4) is 0 Å². The number of benzene rings is 2. The Bertz CT molecular complexity index is 868. The summed E-state index contributed by atoms with van der Waals surface area (Å²) in [5.41, 5.74) is 1.77. The Hall–Kier alpha value is -2.18. The van der Waals surface area contributed by atoms with Crippen molar-refractivity contribution in [2.24, 2.45) is 0 Å². The van der Waals surface area contributed by atoms with Crippen molar-refractivity contribution in [3.63, 3.8) is 0 Å². The van der Waals surface area contributed by atoms with Gasteiger partial charge in [0.1, 0.15) is 10.9 Å². The molecular weight excluding hydrogens is 330 g/mol. The Morgan fingerprint density at radius 2 is 1.91 bits per heavy atom. The first-order chi connectivity index (χ1) is 11.0. The smallest absolute Gasteiger partial charge is 0.323 e. The van der Waals surface area contributed by atoms with Gasteiger partial charge >= 0.3 is 5.97 Å². The van der Waals surface area contributed by atoms with Crippen molar-refractivity contribution in [2.45, 2.75) is 6.92 Å². The van der Waals surface area contributed by atoms with Crippen LogP contribution in [0.5, 0.6) is 0 Å². The van der Waals surface area contributed by atoms with Crippen molar-refractivity contribution < 1.29 is 14.7 Å². The Balaban J connectivity index is 2.09. The normalized spacial score (nSPS) is 17.0. The SMILES string of the molecule is C/C(=C1\SC(=S)N(CC(=O)O)C1=O)c1cccc2ccccc12. The molecule has 1 fully saturated rings. The highest BCUT2D eigenvalue weighted by Crippen LogP contribution is 2.38. The zero-order valence-electron chi connectivity index (χ0n) is 12.3. The van der Waals surface area contributed by atoms with Crippen LogP contribution < -0.4 is 0 Å². The molecule has 1 N–H and O–H groups in total. The van der Waals surface area contributed by atoms with Crippen LogP contribution in [0.2, 0.25) is 0 Å². The number of carboxylic acid groups (broad SMARTS) is 1. The van der Waals surface area contributed by atoms with E-state index in [0.717, 1.165) is 38.6 Å². The van der Waals surface area contributed by atoms with Crippen LogP contribution >= 0.6 is 24.0 Å². The number of amides is 1. The van der Waals surface area contributed by atoms with Gasteiger partial charge in [-0.2, -0.15) is 0 Å². The van der Waals surface area contributed by atoms with Gasteiger partial charge in [-0.25, -0.2) is 0 Å². The van der Waals surface area contributed by atoms with E-state index in [-0.39, 0.29) is 10.2 Å². The zero-order chi connectivity index (χ0) is 16.6. The molecule has 0 unspecified atom stereocenters. The molecule has 1 amide bonds. The van der Waals surface area contributed by atoms with Crippen LogP contribution in [0.15, 0.2) is 47.4 Å². The molecule has 0 bridgehead atoms. The number of rotatable bonds is 3. The van der Waals surface area contributed by atoms with Crippen molar-refractivity contribution >= 4 is 56.5 Å². The van der Waals surface area contributed by atoms with Gasteiger partial charge in [-0.15, -0.1) is 0 Å². The largest absolute Gasteiger partial charge is 0.480 e. The lowest BCUT2D eigenvalue weighted by Crippen LogP contribution is -2.33. The monoisotopic (exact) mass is 343 g/mol. The topological polar surface area (TPSA) is 57.6 Å². The van der Waals surface area contributed by atoms with E-state index in [0.29, 0.717) is 4.91 Å². The summed E-state index contributed by atoms with van der Waals surface area (Å²) in [4.78, 5) is 25.0. The molecule has 1 saturated heterocycles. The van der Waals surface area contributed by atoms with Gasteiger partial charge in [-0.1, -0.05) is 66.4 Å². The second-order valence-corrected chi connectivity index (χ2v) is 6.78. The average molecular weight is 343 g/mol. The molecule has 1 heterocycles. The predicted molar refractivity (Wildman–Crippen MR) is 96.1 cm³/mol. The number of hydrogen-bond acceptors (Lipinski definition) is 4. The minimum atomic E-state index is -1.08. The molecule has 2 aromatic carbocycles. The first-order valence-corrected chi connectivity index (χ1v) is 8.16. The first-order valence-electron chi connectivity index (χ1n) is 6.93. The molecule has 0 aliphatic carbocycles. The summed E-state index contributed by atoms with van der Waals surface area (Å²) in [6.07, 6.45) is 0. The molecule has 6 heteroatoms. The number of hydrogen-bond donors (Lipinski definition) is 1. The van der Waals surface area contributed by atoms with Crippen LogP contribution in [0.1, 0.15) is 12.5 Å². The molecule has 0 spiro atoms. The van der Waals surface area contributed by atoms with Crippen molar-refractivity contribution in [1.82, 2.24) is 4.90 Å². The predicted octanol–water partition coefficient (Wildman–Crippen LogP) is 3.52. The molecule has 0 atom stereocenters. The summed E-state index contributed by atoms with van der Waals surface area (Å²) in [6, 6.07) is 13.9. The number of carbonyl (C=O) groups is 2. The van der Waals surface area contributed by atoms with Gasteiger partial charge in [0.25, 0.3) is 5.91 Å². The lowest BCUT2D eigenvalue weighted by molar-refractivity contribution is -0.140. The quantitative estimate of drug-likeness (QED) is 0.683. The van der Waals surface area contributed by atoms with Crippen LogP contribution in [0.4, 0.5) is 0 Å². The third-order valence-corrected chi connectivity index (χ3v) is 5.23. The molecule has 23 heavy (non-hydrogen) atoms. The van der Waals surface area contributed by atoms with Gasteiger partial charge in [-0.3, -0.25) is 14.5 Å². The standard InChI is InChI=1S/C17H13NO3S2/c1-10(12-8-4-6-11-5-2-3-7-13(11)12)15-16(21)18(9-14(19)20)17(22)23-15/h2-8H,9H2,1H3,(H,19,20)/b15-10+. The van der Waals surface area contributed by atoms with E-state index in [9.17, 15) is 9.59 Å². The number of thioether (sulfide) groups is 1. The van der Waals surface area contributed by atoms with Crippen molar-refractivity contribution in [3.05, 3.63) is 52.9 Å². The number of carbonyl (C=O) groups excluding carboxylic acids is 1. The number of carboxylic acids is 1. The van der Waals surface area contributed by atoms with Crippen LogP contribution in [-0.4, -0.2) is 32.7 Å². The summed E-state index contributed by atoms with van der Waals surface area (Å²) in [6.45, 7) is 1.46. The van der Waals surface area contributed by atoms with E-state index in [1.165, 1.54) is 0 Å². The molecule has 4 nitrogen and oxygen atoms in total. The molecular formula is C17H13NO3S2. The lowest BCUT2D eigenvalue weighted by atomic mass is 9.99. The van der Waals surface area contributed by atoms with Gasteiger partial charge in [-0.05, 0) is 28.8 Å². The maximum atomic E-state index is 12.5. The summed E-state index contributed by atoms with van der Waals surface area (Å²) in [5, 5.41) is 11.1. The number of thiocarbonyl (C=S) groups is 1. The summed E-state index contributed by atoms with van der Waals surface area (Å²) in [7, 11) is 0. The molecule has 116 valence electrons. The van der Waals surface area contributed by atoms with Crippen LogP contribution in [0, 0.1) is 0 Å². The number of allylic oxidation sites excluding steroid dienone is 1. The second kappa shape index (κ2) is 6.14. The fraction of sp³-hybridized carbons (Fsp3) is 0.118. The van der Waals surface area contributed by atoms with E-state index in [1.54, 1.807) is 0 Å². The highest BCUT2D eigenvalue weighted by molar-refractivity contribution is 8.26. The first kappa shape index (κ1) is 15.7. The number of nitrogens with zero attached hydrogens (tertiary/aromatic N) is 1. The van der Waals surface area contributed by atoms with E-state index >= 15 is 0 Å². The summed E-state index contributed by atoms with van der Waals surface area (Å²) >= 11 is 6.31. The van der Waals surface area contributed by atoms with Gasteiger partial charge in [0.2, 0.25) is 0 Å². The van der Waals surface area contributed by atoms with E-state index in [2.05, 4.69) is 0 Å². The van der Waals surface area contributed by atoms with E-state index < -0.39 is 12.5 Å². The maximum absolute atomic E-state index is 12.5. The molecule has 0 saturated carbocycles. The Morgan fingerprint density at radius 3 is 2.65 bits per heavy atom. The third kappa shape index (κ3) is 2.87. The van der Waals surface area contributed by atoms with Crippen LogP contribution in [0.25, 0.3) is 16.3 Å². The van der Waals surface area contributed by atoms with Gasteiger partial charge in [0.05, 0.1) is 4.91 Å². The summed E-state index contributed by atoms with van der Waals surface area (Å²) < 4.78 is 0.284. The Kier molecular flexibility index (Phi) is 4.19. The highest BCUT2D eigenvalue weighted by atomic mass is 32.2. The summed E-state index contributed by atoms with van der Waals surface area (Å²) in [5.74, 6) is -1.42. The van der Waals surface area contributed by atoms with E-state index in [4.69, 9.17) is 17.3 Å². The van der Waals surface area contributed by atoms with Crippen LogP contribution in [-0.2, 0) is 9.59 Å². The van der Waals surface area contributed by atoms with E-state index in [1.807, 2.05) is 49.4 Å². The molecule has 0 aromatic heterocycles. The fourth-order valence-electron chi connectivity index (χ4n) is 2.57. The lowest BCUT2D eigenvalue weighted by Gasteiger charge is -2.11. The minimum absolute atomic E-state index is 0.284. The molecule has 2 aromatic rings. The molecule has 1 aliphatic heterocycles. The minimum Gasteiger partial charge on any atom is -0.480 e. The van der Waals surface area contributed by atoms with Crippen molar-refractivity contribution in [3.8, 4) is 0 Å². The van der Waals surface area contributed by atoms with Crippen molar-refractivity contribution in [1.29, 1.82) is 0 Å². The molecule has 3 rings (SSSR count). The third-order valence-electron chi connectivity index (χ3n) is 3.68. The van der Waals surface area contributed by atoms with Gasteiger partial charge < -0.3 is 5.11 Å². The molecule has 0 radical (unpaired) electrons. The van der Waals surface area contributed by atoms with Crippen molar-refractivity contribution in [2.75, 3.05) is 6.54 Å². The van der Waals surface area contributed by atoms with Gasteiger partial charge in [0, 0.05) is 0 Å². The number of aliphatic carboxylic acids is 1. The number of fused-ring (bicyclic) bond motifs is 1. The maximum Gasteiger partial charge on any atom is 0.323 e. The zero-order valence-corrected chi connectivity index (χ0v) is 13.9. The second-order valence-electron chi connectivity index (χ2n) is 5.13. The highest BCUT2D eigenvalue weighted by Gasteiger charge is 2.35. The Labute approximate surface area is 142 Å². The average Bonchev–Trinajstić information content (AvgIpc) is 2.81. The Morgan fingerprint density at radius 1 is 1.22 bits per heavy atom. The van der Waals surface area contributed by atoms with Gasteiger partial charge in [0.15, 0.2) is 0 Å².